The van der Waals surface area contributed by atoms with E-state index in [9.17, 15) is 17.6 Å². The summed E-state index contributed by atoms with van der Waals surface area (Å²) in [6.45, 7) is 2.30. The minimum Gasteiger partial charge on any atom is -0.385 e. The largest absolute Gasteiger partial charge is 0.385 e. The molecule has 0 spiro atoms. The SMILES string of the molecule is COCCCNC(=O)CN(c1ccc(F)cc1)S(=O)(=O)c1ccc(C)cc1. The van der Waals surface area contributed by atoms with Crippen molar-refractivity contribution in [3.05, 3.63) is 59.9 Å². The quantitative estimate of drug-likeness (QED) is 0.663. The molecule has 2 aromatic rings. The van der Waals surface area contributed by atoms with Crippen LogP contribution in [0.25, 0.3) is 0 Å². The van der Waals surface area contributed by atoms with Crippen molar-refractivity contribution in [1.29, 1.82) is 0 Å². The van der Waals surface area contributed by atoms with Gasteiger partial charge in [-0.15, -0.1) is 0 Å². The molecule has 0 bridgehead atoms. The van der Waals surface area contributed by atoms with Crippen LogP contribution >= 0.6 is 0 Å². The van der Waals surface area contributed by atoms with Gasteiger partial charge in [-0.3, -0.25) is 9.10 Å². The standard InChI is InChI=1S/C19H23FN2O4S/c1-15-4-10-18(11-5-15)27(24,25)22(17-8-6-16(20)7-9-17)14-19(23)21-12-3-13-26-2/h4-11H,3,12-14H2,1-2H3,(H,21,23). The summed E-state index contributed by atoms with van der Waals surface area (Å²) in [5, 5.41) is 2.66. The van der Waals surface area contributed by atoms with Gasteiger partial charge in [0.25, 0.3) is 10.0 Å². The number of carbonyl (C=O) groups excluding carboxylic acids is 1. The van der Waals surface area contributed by atoms with E-state index in [2.05, 4.69) is 5.32 Å². The molecule has 1 amide bonds. The molecule has 8 heteroatoms. The number of methoxy groups -OCH3 is 1. The first-order valence-electron chi connectivity index (χ1n) is 8.45. The first-order valence-corrected chi connectivity index (χ1v) is 9.89. The minimum atomic E-state index is -3.99. The smallest absolute Gasteiger partial charge is 0.264 e. The van der Waals surface area contributed by atoms with E-state index in [1.54, 1.807) is 19.2 Å². The van der Waals surface area contributed by atoms with Gasteiger partial charge >= 0.3 is 0 Å². The van der Waals surface area contributed by atoms with Crippen molar-refractivity contribution < 1.29 is 22.3 Å². The van der Waals surface area contributed by atoms with Crippen molar-refractivity contribution in [1.82, 2.24) is 5.32 Å². The number of ether oxygens (including phenoxy) is 1. The number of nitrogens with zero attached hydrogens (tertiary/aromatic N) is 1. The Balaban J connectivity index is 2.28. The number of aryl methyl sites for hydroxylation is 1. The van der Waals surface area contributed by atoms with Gasteiger partial charge in [0.15, 0.2) is 0 Å². The number of benzene rings is 2. The third kappa shape index (κ3) is 5.77. The van der Waals surface area contributed by atoms with Crippen LogP contribution in [-0.2, 0) is 19.6 Å². The van der Waals surface area contributed by atoms with Crippen LogP contribution in [0.15, 0.2) is 53.4 Å². The van der Waals surface area contributed by atoms with Gasteiger partial charge in [-0.25, -0.2) is 12.8 Å². The molecule has 0 heterocycles. The highest BCUT2D eigenvalue weighted by molar-refractivity contribution is 7.92. The Bertz CT molecular complexity index is 852. The first kappa shape index (κ1) is 20.9. The molecule has 0 aliphatic carbocycles. The van der Waals surface area contributed by atoms with Crippen LogP contribution in [0.3, 0.4) is 0 Å². The Morgan fingerprint density at radius 3 is 2.33 bits per heavy atom. The highest BCUT2D eigenvalue weighted by Gasteiger charge is 2.27. The summed E-state index contributed by atoms with van der Waals surface area (Å²) in [5.41, 5.74) is 1.13. The number of hydrogen-bond acceptors (Lipinski definition) is 4. The predicted molar refractivity (Wildman–Crippen MR) is 102 cm³/mol. The number of rotatable bonds is 9. The molecule has 6 nitrogen and oxygen atoms in total. The molecule has 146 valence electrons. The topological polar surface area (TPSA) is 75.7 Å². The summed E-state index contributed by atoms with van der Waals surface area (Å²) < 4.78 is 45.3. The fourth-order valence-corrected chi connectivity index (χ4v) is 3.81. The molecule has 0 unspecified atom stereocenters. The molecule has 0 fully saturated rings. The zero-order valence-corrected chi connectivity index (χ0v) is 16.1. The van der Waals surface area contributed by atoms with E-state index in [1.165, 1.54) is 24.3 Å². The molecule has 27 heavy (non-hydrogen) atoms. The summed E-state index contributed by atoms with van der Waals surface area (Å²) >= 11 is 0. The Morgan fingerprint density at radius 2 is 1.74 bits per heavy atom. The molecule has 2 rings (SSSR count). The lowest BCUT2D eigenvalue weighted by Gasteiger charge is -2.24. The summed E-state index contributed by atoms with van der Waals surface area (Å²) in [6, 6.07) is 11.3. The van der Waals surface area contributed by atoms with Crippen molar-refractivity contribution in [2.75, 3.05) is 31.1 Å². The van der Waals surface area contributed by atoms with Crippen molar-refractivity contribution in [3.63, 3.8) is 0 Å². The van der Waals surface area contributed by atoms with E-state index in [4.69, 9.17) is 4.74 Å². The number of carbonyl (C=O) groups is 1. The Kier molecular flexibility index (Phi) is 7.32. The van der Waals surface area contributed by atoms with Gasteiger partial charge in [0.05, 0.1) is 10.6 Å². The lowest BCUT2D eigenvalue weighted by molar-refractivity contribution is -0.119. The van der Waals surface area contributed by atoms with Gasteiger partial charge in [0, 0.05) is 20.3 Å². The molecule has 0 saturated heterocycles. The summed E-state index contributed by atoms with van der Waals surface area (Å²) in [4.78, 5) is 12.3. The number of sulfonamides is 1. The average Bonchev–Trinajstić information content (AvgIpc) is 2.64. The molecular formula is C19H23FN2O4S. The molecule has 1 N–H and O–H groups in total. The van der Waals surface area contributed by atoms with Gasteiger partial charge in [-0.2, -0.15) is 0 Å². The molecule has 0 radical (unpaired) electrons. The second-order valence-electron chi connectivity index (χ2n) is 6.00. The number of halogens is 1. The van der Waals surface area contributed by atoms with E-state index in [0.29, 0.717) is 19.6 Å². The normalized spacial score (nSPS) is 11.2. The Morgan fingerprint density at radius 1 is 1.11 bits per heavy atom. The molecule has 0 atom stereocenters. The van der Waals surface area contributed by atoms with E-state index in [0.717, 1.165) is 22.0 Å². The second kappa shape index (κ2) is 9.48. The Hall–Kier alpha value is -2.45. The van der Waals surface area contributed by atoms with E-state index < -0.39 is 28.3 Å². The van der Waals surface area contributed by atoms with Crippen LogP contribution < -0.4 is 9.62 Å². The maximum atomic E-state index is 13.3. The van der Waals surface area contributed by atoms with Crippen LogP contribution in [0.2, 0.25) is 0 Å². The van der Waals surface area contributed by atoms with Crippen molar-refractivity contribution >= 4 is 21.6 Å². The third-order valence-electron chi connectivity index (χ3n) is 3.86. The molecule has 0 aliphatic heterocycles. The zero-order valence-electron chi connectivity index (χ0n) is 15.3. The summed E-state index contributed by atoms with van der Waals surface area (Å²) in [7, 11) is -2.43. The first-order chi connectivity index (χ1) is 12.8. The van der Waals surface area contributed by atoms with E-state index in [-0.39, 0.29) is 10.6 Å². The second-order valence-corrected chi connectivity index (χ2v) is 7.86. The van der Waals surface area contributed by atoms with Gasteiger partial charge in [-0.1, -0.05) is 17.7 Å². The van der Waals surface area contributed by atoms with Gasteiger partial charge in [0.1, 0.15) is 12.4 Å². The maximum Gasteiger partial charge on any atom is 0.264 e. The number of anilines is 1. The molecule has 0 saturated carbocycles. The predicted octanol–water partition coefficient (Wildman–Crippen LogP) is 2.48. The van der Waals surface area contributed by atoms with Crippen LogP contribution in [0.1, 0.15) is 12.0 Å². The summed E-state index contributed by atoms with van der Waals surface area (Å²) in [6.07, 6.45) is 0.615. The number of hydrogen-bond donors (Lipinski definition) is 1. The Labute approximate surface area is 159 Å². The highest BCUT2D eigenvalue weighted by Crippen LogP contribution is 2.24. The third-order valence-corrected chi connectivity index (χ3v) is 5.65. The monoisotopic (exact) mass is 394 g/mol. The molecule has 2 aromatic carbocycles. The van der Waals surface area contributed by atoms with Gasteiger partial charge in [-0.05, 0) is 49.7 Å². The van der Waals surface area contributed by atoms with Gasteiger partial charge < -0.3 is 10.1 Å². The lowest BCUT2D eigenvalue weighted by atomic mass is 10.2. The maximum absolute atomic E-state index is 13.3. The average molecular weight is 394 g/mol. The van der Waals surface area contributed by atoms with Crippen LogP contribution in [-0.4, -0.2) is 41.1 Å². The van der Waals surface area contributed by atoms with E-state index >= 15 is 0 Å². The van der Waals surface area contributed by atoms with Crippen LogP contribution in [0.4, 0.5) is 10.1 Å². The van der Waals surface area contributed by atoms with Crippen LogP contribution in [0, 0.1) is 12.7 Å². The molecule has 0 aromatic heterocycles. The molecule has 0 aliphatic rings. The highest BCUT2D eigenvalue weighted by atomic mass is 32.2. The molecular weight excluding hydrogens is 371 g/mol. The van der Waals surface area contributed by atoms with E-state index in [1.807, 2.05) is 6.92 Å². The summed E-state index contributed by atoms with van der Waals surface area (Å²) in [5.74, 6) is -0.943. The van der Waals surface area contributed by atoms with Gasteiger partial charge in [0.2, 0.25) is 5.91 Å². The van der Waals surface area contributed by atoms with Crippen molar-refractivity contribution in [2.45, 2.75) is 18.2 Å². The fraction of sp³-hybridized carbons (Fsp3) is 0.316. The van der Waals surface area contributed by atoms with Crippen LogP contribution in [0.5, 0.6) is 0 Å². The van der Waals surface area contributed by atoms with Crippen molar-refractivity contribution in [3.8, 4) is 0 Å². The zero-order chi connectivity index (χ0) is 19.9. The number of amides is 1. The number of nitrogens with one attached hydrogen (secondary N) is 1. The minimum absolute atomic E-state index is 0.0598. The lowest BCUT2D eigenvalue weighted by Crippen LogP contribution is -2.41. The fourth-order valence-electron chi connectivity index (χ4n) is 2.39. The van der Waals surface area contributed by atoms with Crippen molar-refractivity contribution in [2.24, 2.45) is 0 Å².